The van der Waals surface area contributed by atoms with Crippen molar-refractivity contribution in [2.75, 3.05) is 33.9 Å². The molecule has 0 radical (unpaired) electrons. The van der Waals surface area contributed by atoms with Crippen LogP contribution in [0.2, 0.25) is 0 Å². The molecule has 1 aromatic rings. The van der Waals surface area contributed by atoms with E-state index in [0.717, 1.165) is 38.4 Å². The Morgan fingerprint density at radius 3 is 2.89 bits per heavy atom. The van der Waals surface area contributed by atoms with Crippen LogP contribution >= 0.6 is 0 Å². The van der Waals surface area contributed by atoms with Crippen molar-refractivity contribution in [2.24, 2.45) is 0 Å². The summed E-state index contributed by atoms with van der Waals surface area (Å²) in [5.41, 5.74) is 1.09. The van der Waals surface area contributed by atoms with E-state index in [2.05, 4.69) is 35.2 Å². The van der Waals surface area contributed by atoms with Gasteiger partial charge in [0.2, 0.25) is 0 Å². The molecule has 1 rings (SSSR count). The molecule has 0 aliphatic heterocycles. The first-order chi connectivity index (χ1) is 8.77. The summed E-state index contributed by atoms with van der Waals surface area (Å²) in [4.78, 5) is 6.64. The third kappa shape index (κ3) is 5.58. The van der Waals surface area contributed by atoms with E-state index < -0.39 is 0 Å². The molecule has 1 atom stereocenters. The van der Waals surface area contributed by atoms with Crippen molar-refractivity contribution in [2.45, 2.75) is 25.9 Å². The SMILES string of the molecule is CCCNCC(COC)N(C)Cc1ccccn1. The van der Waals surface area contributed by atoms with Gasteiger partial charge in [-0.15, -0.1) is 0 Å². The highest BCUT2D eigenvalue weighted by Crippen LogP contribution is 2.03. The molecule has 18 heavy (non-hydrogen) atoms. The minimum absolute atomic E-state index is 0.378. The average molecular weight is 251 g/mol. The Balaban J connectivity index is 2.45. The van der Waals surface area contributed by atoms with Crippen LogP contribution in [-0.4, -0.2) is 49.8 Å². The summed E-state index contributed by atoms with van der Waals surface area (Å²) in [6.07, 6.45) is 2.99. The van der Waals surface area contributed by atoms with Gasteiger partial charge in [-0.1, -0.05) is 13.0 Å². The maximum Gasteiger partial charge on any atom is 0.0630 e. The van der Waals surface area contributed by atoms with Crippen molar-refractivity contribution in [1.29, 1.82) is 0 Å². The topological polar surface area (TPSA) is 37.4 Å². The normalized spacial score (nSPS) is 12.9. The monoisotopic (exact) mass is 251 g/mol. The largest absolute Gasteiger partial charge is 0.383 e. The molecule has 102 valence electrons. The minimum Gasteiger partial charge on any atom is -0.383 e. The highest BCUT2D eigenvalue weighted by Gasteiger charge is 2.14. The Morgan fingerprint density at radius 2 is 2.28 bits per heavy atom. The van der Waals surface area contributed by atoms with E-state index in [1.165, 1.54) is 0 Å². The maximum absolute atomic E-state index is 5.29. The van der Waals surface area contributed by atoms with Crippen molar-refractivity contribution in [3.63, 3.8) is 0 Å². The van der Waals surface area contributed by atoms with Crippen LogP contribution < -0.4 is 5.32 Å². The van der Waals surface area contributed by atoms with Gasteiger partial charge in [0.1, 0.15) is 0 Å². The first kappa shape index (κ1) is 15.1. The number of methoxy groups -OCH3 is 1. The standard InChI is InChI=1S/C14H25N3O/c1-4-8-15-10-14(12-18-3)17(2)11-13-7-5-6-9-16-13/h5-7,9,14-15H,4,8,10-12H2,1-3H3. The van der Waals surface area contributed by atoms with Crippen LogP contribution in [0, 0.1) is 0 Å². The molecule has 0 aliphatic rings. The second-order valence-corrected chi connectivity index (χ2v) is 4.55. The number of likely N-dealkylation sites (N-methyl/N-ethyl adjacent to an activating group) is 1. The molecule has 4 heteroatoms. The lowest BCUT2D eigenvalue weighted by Gasteiger charge is -2.27. The molecule has 0 saturated carbocycles. The molecule has 0 saturated heterocycles. The van der Waals surface area contributed by atoms with Crippen molar-refractivity contribution < 1.29 is 4.74 Å². The summed E-state index contributed by atoms with van der Waals surface area (Å²) in [5.74, 6) is 0. The number of nitrogens with one attached hydrogen (secondary N) is 1. The molecule has 1 N–H and O–H groups in total. The van der Waals surface area contributed by atoms with Gasteiger partial charge in [0, 0.05) is 32.4 Å². The van der Waals surface area contributed by atoms with Crippen molar-refractivity contribution >= 4 is 0 Å². The maximum atomic E-state index is 5.29. The Kier molecular flexibility index (Phi) is 7.57. The second-order valence-electron chi connectivity index (χ2n) is 4.55. The highest BCUT2D eigenvalue weighted by atomic mass is 16.5. The number of aromatic nitrogens is 1. The number of hydrogen-bond acceptors (Lipinski definition) is 4. The molecule has 4 nitrogen and oxygen atoms in total. The van der Waals surface area contributed by atoms with E-state index in [1.807, 2.05) is 18.3 Å². The van der Waals surface area contributed by atoms with Crippen LogP contribution in [0.4, 0.5) is 0 Å². The fourth-order valence-corrected chi connectivity index (χ4v) is 1.86. The molecule has 0 amide bonds. The molecular formula is C14H25N3O. The molecular weight excluding hydrogens is 226 g/mol. The van der Waals surface area contributed by atoms with Gasteiger partial charge in [0.25, 0.3) is 0 Å². The van der Waals surface area contributed by atoms with Gasteiger partial charge in [-0.25, -0.2) is 0 Å². The number of nitrogens with zero attached hydrogens (tertiary/aromatic N) is 2. The van der Waals surface area contributed by atoms with Gasteiger partial charge in [-0.05, 0) is 32.1 Å². The van der Waals surface area contributed by atoms with Gasteiger partial charge in [-0.2, -0.15) is 0 Å². The van der Waals surface area contributed by atoms with Gasteiger partial charge in [-0.3, -0.25) is 9.88 Å². The van der Waals surface area contributed by atoms with E-state index in [9.17, 15) is 0 Å². The molecule has 0 aliphatic carbocycles. The Morgan fingerprint density at radius 1 is 1.44 bits per heavy atom. The van der Waals surface area contributed by atoms with Crippen molar-refractivity contribution in [3.8, 4) is 0 Å². The van der Waals surface area contributed by atoms with Gasteiger partial charge in [0.15, 0.2) is 0 Å². The van der Waals surface area contributed by atoms with Gasteiger partial charge >= 0.3 is 0 Å². The van der Waals surface area contributed by atoms with Crippen molar-refractivity contribution in [1.82, 2.24) is 15.2 Å². The molecule has 1 heterocycles. The zero-order valence-corrected chi connectivity index (χ0v) is 11.7. The van der Waals surface area contributed by atoms with Crippen LogP contribution in [-0.2, 0) is 11.3 Å². The highest BCUT2D eigenvalue weighted by molar-refractivity contribution is 5.03. The number of rotatable bonds is 9. The number of ether oxygens (including phenoxy) is 1. The number of hydrogen-bond donors (Lipinski definition) is 1. The third-order valence-corrected chi connectivity index (χ3v) is 2.93. The first-order valence-electron chi connectivity index (χ1n) is 6.57. The predicted molar refractivity (Wildman–Crippen MR) is 74.5 cm³/mol. The van der Waals surface area contributed by atoms with Crippen LogP contribution in [0.5, 0.6) is 0 Å². The minimum atomic E-state index is 0.378. The predicted octanol–water partition coefficient (Wildman–Crippen LogP) is 1.53. The number of pyridine rings is 1. The lowest BCUT2D eigenvalue weighted by molar-refractivity contribution is 0.101. The fourth-order valence-electron chi connectivity index (χ4n) is 1.86. The zero-order valence-electron chi connectivity index (χ0n) is 11.7. The van der Waals surface area contributed by atoms with Gasteiger partial charge < -0.3 is 10.1 Å². The summed E-state index contributed by atoms with van der Waals surface area (Å²) in [6.45, 7) is 5.77. The van der Waals surface area contributed by atoms with E-state index >= 15 is 0 Å². The average Bonchev–Trinajstić information content (AvgIpc) is 2.39. The molecule has 0 bridgehead atoms. The van der Waals surface area contributed by atoms with E-state index in [-0.39, 0.29) is 0 Å². The van der Waals surface area contributed by atoms with Crippen molar-refractivity contribution in [3.05, 3.63) is 30.1 Å². The fraction of sp³-hybridized carbons (Fsp3) is 0.643. The third-order valence-electron chi connectivity index (χ3n) is 2.93. The van der Waals surface area contributed by atoms with E-state index in [4.69, 9.17) is 4.74 Å². The lowest BCUT2D eigenvalue weighted by Crippen LogP contribution is -2.43. The van der Waals surface area contributed by atoms with E-state index in [1.54, 1.807) is 7.11 Å². The van der Waals surface area contributed by atoms with Crippen LogP contribution in [0.1, 0.15) is 19.0 Å². The first-order valence-corrected chi connectivity index (χ1v) is 6.57. The summed E-state index contributed by atoms with van der Waals surface area (Å²) < 4.78 is 5.29. The Bertz CT molecular complexity index is 305. The molecule has 0 spiro atoms. The van der Waals surface area contributed by atoms with E-state index in [0.29, 0.717) is 6.04 Å². The summed E-state index contributed by atoms with van der Waals surface area (Å²) in [6, 6.07) is 6.40. The van der Waals surface area contributed by atoms with Crippen LogP contribution in [0.15, 0.2) is 24.4 Å². The van der Waals surface area contributed by atoms with Crippen LogP contribution in [0.3, 0.4) is 0 Å². The summed E-state index contributed by atoms with van der Waals surface area (Å²) in [5, 5.41) is 3.44. The molecule has 1 unspecified atom stereocenters. The Labute approximate surface area is 110 Å². The summed E-state index contributed by atoms with van der Waals surface area (Å²) in [7, 11) is 3.87. The smallest absolute Gasteiger partial charge is 0.0630 e. The Hall–Kier alpha value is -0.970. The molecule has 1 aromatic heterocycles. The van der Waals surface area contributed by atoms with Crippen LogP contribution in [0.25, 0.3) is 0 Å². The molecule has 0 fully saturated rings. The zero-order chi connectivity index (χ0) is 13.2. The lowest BCUT2D eigenvalue weighted by atomic mass is 10.2. The quantitative estimate of drug-likeness (QED) is 0.675. The molecule has 0 aromatic carbocycles. The van der Waals surface area contributed by atoms with Gasteiger partial charge in [0.05, 0.1) is 12.3 Å². The summed E-state index contributed by atoms with van der Waals surface area (Å²) >= 11 is 0. The second kappa shape index (κ2) is 9.03.